The molecule has 1 aromatic heterocycles. The van der Waals surface area contributed by atoms with Gasteiger partial charge in [0.2, 0.25) is 5.95 Å². The first-order valence-corrected chi connectivity index (χ1v) is 9.77. The topological polar surface area (TPSA) is 67.4 Å². The molecule has 0 aliphatic carbocycles. The van der Waals surface area contributed by atoms with Crippen molar-refractivity contribution in [3.63, 3.8) is 0 Å². The summed E-state index contributed by atoms with van der Waals surface area (Å²) in [6.45, 7) is 3.54. The molecule has 0 spiro atoms. The van der Waals surface area contributed by atoms with Gasteiger partial charge in [-0.1, -0.05) is 43.7 Å². The van der Waals surface area contributed by atoms with Gasteiger partial charge < -0.3 is 15.0 Å². The molecular formula is C23H26N4O2. The van der Waals surface area contributed by atoms with E-state index >= 15 is 0 Å². The summed E-state index contributed by atoms with van der Waals surface area (Å²) in [7, 11) is 1.95. The second-order valence-electron chi connectivity index (χ2n) is 6.80. The number of carbonyl (C=O) groups excluding carboxylic acids is 1. The fraction of sp³-hybridized carbons (Fsp3) is 0.261. The Labute approximate surface area is 171 Å². The lowest BCUT2D eigenvalue weighted by Crippen LogP contribution is -2.21. The Morgan fingerprint density at radius 2 is 1.72 bits per heavy atom. The normalized spacial score (nSPS) is 10.4. The van der Waals surface area contributed by atoms with Crippen molar-refractivity contribution in [2.75, 3.05) is 23.8 Å². The summed E-state index contributed by atoms with van der Waals surface area (Å²) >= 11 is 0. The predicted molar refractivity (Wildman–Crippen MR) is 115 cm³/mol. The highest BCUT2D eigenvalue weighted by atomic mass is 16.5. The number of hydrogen-bond acceptors (Lipinski definition) is 5. The van der Waals surface area contributed by atoms with E-state index in [-0.39, 0.29) is 5.91 Å². The van der Waals surface area contributed by atoms with Crippen LogP contribution in [0.5, 0.6) is 5.75 Å². The molecule has 6 heteroatoms. The molecule has 0 atom stereocenters. The van der Waals surface area contributed by atoms with Gasteiger partial charge in [-0.05, 0) is 36.2 Å². The molecule has 6 nitrogen and oxygen atoms in total. The number of ether oxygens (including phenoxy) is 1. The summed E-state index contributed by atoms with van der Waals surface area (Å²) in [5.41, 5.74) is 2.21. The highest BCUT2D eigenvalue weighted by molar-refractivity contribution is 6.03. The molecule has 0 radical (unpaired) electrons. The molecular weight excluding hydrogens is 364 g/mol. The molecule has 3 rings (SSSR count). The number of carbonyl (C=O) groups is 1. The molecule has 0 bridgehead atoms. The summed E-state index contributed by atoms with van der Waals surface area (Å²) in [6, 6.07) is 17.3. The maximum Gasteiger partial charge on any atom is 0.258 e. The molecule has 0 unspecified atom stereocenters. The maximum absolute atomic E-state index is 12.4. The highest BCUT2D eigenvalue weighted by Crippen LogP contribution is 2.18. The standard InChI is InChI=1S/C23H26N4O2/c1-3-4-14-27(2)23-24-15-19(16-25-23)22(28)26-20-10-12-21(13-11-20)29-17-18-8-6-5-7-9-18/h5-13,15-16H,3-4,14,17H2,1-2H3,(H,26,28). The van der Waals surface area contributed by atoms with Crippen molar-refractivity contribution >= 4 is 17.5 Å². The fourth-order valence-corrected chi connectivity index (χ4v) is 2.71. The van der Waals surface area contributed by atoms with Crippen LogP contribution in [-0.2, 0) is 6.61 Å². The number of benzene rings is 2. The third-order valence-electron chi connectivity index (χ3n) is 4.45. The lowest BCUT2D eigenvalue weighted by atomic mass is 10.2. The number of unbranched alkanes of at least 4 members (excludes halogenated alkanes) is 1. The van der Waals surface area contributed by atoms with Gasteiger partial charge in [0.25, 0.3) is 5.91 Å². The molecule has 1 amide bonds. The van der Waals surface area contributed by atoms with E-state index in [4.69, 9.17) is 4.74 Å². The van der Waals surface area contributed by atoms with E-state index in [0.29, 0.717) is 23.8 Å². The van der Waals surface area contributed by atoms with Crippen LogP contribution in [0.25, 0.3) is 0 Å². The minimum atomic E-state index is -0.245. The van der Waals surface area contributed by atoms with Crippen LogP contribution in [-0.4, -0.2) is 29.5 Å². The third-order valence-corrected chi connectivity index (χ3v) is 4.45. The summed E-state index contributed by atoms with van der Waals surface area (Å²) in [6.07, 6.45) is 5.29. The quantitative estimate of drug-likeness (QED) is 0.581. The number of amides is 1. The van der Waals surface area contributed by atoms with Crippen LogP contribution in [0.15, 0.2) is 67.0 Å². The molecule has 0 fully saturated rings. The molecule has 0 aliphatic heterocycles. The number of hydrogen-bond donors (Lipinski definition) is 1. The lowest BCUT2D eigenvalue weighted by molar-refractivity contribution is 0.102. The van der Waals surface area contributed by atoms with Gasteiger partial charge in [-0.15, -0.1) is 0 Å². The molecule has 1 heterocycles. The van der Waals surface area contributed by atoms with Crippen molar-refractivity contribution in [3.05, 3.63) is 78.1 Å². The van der Waals surface area contributed by atoms with Gasteiger partial charge in [-0.25, -0.2) is 9.97 Å². The average molecular weight is 390 g/mol. The van der Waals surface area contributed by atoms with Gasteiger partial charge in [0.1, 0.15) is 12.4 Å². The van der Waals surface area contributed by atoms with Gasteiger partial charge in [-0.2, -0.15) is 0 Å². The van der Waals surface area contributed by atoms with Crippen molar-refractivity contribution < 1.29 is 9.53 Å². The van der Waals surface area contributed by atoms with Crippen LogP contribution < -0.4 is 15.0 Å². The second kappa shape index (κ2) is 10.2. The van der Waals surface area contributed by atoms with Crippen molar-refractivity contribution in [1.29, 1.82) is 0 Å². The van der Waals surface area contributed by atoms with E-state index in [1.807, 2.05) is 66.5 Å². The molecule has 0 saturated heterocycles. The first kappa shape index (κ1) is 20.3. The molecule has 29 heavy (non-hydrogen) atoms. The summed E-state index contributed by atoms with van der Waals surface area (Å²) in [4.78, 5) is 23.0. The van der Waals surface area contributed by atoms with Crippen molar-refractivity contribution in [1.82, 2.24) is 9.97 Å². The Hall–Kier alpha value is -3.41. The molecule has 0 saturated carbocycles. The number of rotatable bonds is 9. The van der Waals surface area contributed by atoms with E-state index in [0.717, 1.165) is 30.7 Å². The second-order valence-corrected chi connectivity index (χ2v) is 6.80. The molecule has 0 aliphatic rings. The zero-order chi connectivity index (χ0) is 20.5. The number of nitrogens with one attached hydrogen (secondary N) is 1. The minimum Gasteiger partial charge on any atom is -0.489 e. The van der Waals surface area contributed by atoms with Crippen LogP contribution in [0.1, 0.15) is 35.7 Å². The Morgan fingerprint density at radius 3 is 2.38 bits per heavy atom. The molecule has 2 aromatic carbocycles. The third kappa shape index (κ3) is 6.04. The zero-order valence-electron chi connectivity index (χ0n) is 16.8. The Balaban J connectivity index is 1.53. The summed E-state index contributed by atoms with van der Waals surface area (Å²) in [5, 5.41) is 2.85. The van der Waals surface area contributed by atoms with Gasteiger partial charge in [-0.3, -0.25) is 4.79 Å². The van der Waals surface area contributed by atoms with Crippen molar-refractivity contribution in [2.45, 2.75) is 26.4 Å². The number of nitrogens with zero attached hydrogens (tertiary/aromatic N) is 3. The monoisotopic (exact) mass is 390 g/mol. The van der Waals surface area contributed by atoms with Crippen LogP contribution in [0, 0.1) is 0 Å². The van der Waals surface area contributed by atoms with Gasteiger partial charge in [0.15, 0.2) is 0 Å². The lowest BCUT2D eigenvalue weighted by Gasteiger charge is -2.16. The zero-order valence-corrected chi connectivity index (χ0v) is 16.8. The SMILES string of the molecule is CCCCN(C)c1ncc(C(=O)Nc2ccc(OCc3ccccc3)cc2)cn1. The molecule has 1 N–H and O–H groups in total. The van der Waals surface area contributed by atoms with E-state index < -0.39 is 0 Å². The van der Waals surface area contributed by atoms with Gasteiger partial charge in [0.05, 0.1) is 5.56 Å². The Morgan fingerprint density at radius 1 is 1.03 bits per heavy atom. The van der Waals surface area contributed by atoms with Gasteiger partial charge in [0, 0.05) is 31.7 Å². The van der Waals surface area contributed by atoms with E-state index in [2.05, 4.69) is 22.2 Å². The fourth-order valence-electron chi connectivity index (χ4n) is 2.71. The van der Waals surface area contributed by atoms with E-state index in [1.54, 1.807) is 12.4 Å². The number of anilines is 2. The predicted octanol–water partition coefficient (Wildman–Crippen LogP) is 4.54. The smallest absolute Gasteiger partial charge is 0.258 e. The number of aromatic nitrogens is 2. The van der Waals surface area contributed by atoms with Crippen LogP contribution in [0.3, 0.4) is 0 Å². The van der Waals surface area contributed by atoms with Crippen LogP contribution >= 0.6 is 0 Å². The first-order chi connectivity index (χ1) is 14.2. The summed E-state index contributed by atoms with van der Waals surface area (Å²) in [5.74, 6) is 1.12. The van der Waals surface area contributed by atoms with Crippen LogP contribution in [0.4, 0.5) is 11.6 Å². The van der Waals surface area contributed by atoms with E-state index in [9.17, 15) is 4.79 Å². The van der Waals surface area contributed by atoms with E-state index in [1.165, 1.54) is 0 Å². The average Bonchev–Trinajstić information content (AvgIpc) is 2.77. The maximum atomic E-state index is 12.4. The first-order valence-electron chi connectivity index (χ1n) is 9.77. The summed E-state index contributed by atoms with van der Waals surface area (Å²) < 4.78 is 5.76. The molecule has 150 valence electrons. The Bertz CT molecular complexity index is 896. The Kier molecular flexibility index (Phi) is 7.16. The van der Waals surface area contributed by atoms with Gasteiger partial charge >= 0.3 is 0 Å². The van der Waals surface area contributed by atoms with Crippen molar-refractivity contribution in [3.8, 4) is 5.75 Å². The minimum absolute atomic E-state index is 0.245. The van der Waals surface area contributed by atoms with Crippen LogP contribution in [0.2, 0.25) is 0 Å². The molecule has 3 aromatic rings. The highest BCUT2D eigenvalue weighted by Gasteiger charge is 2.10. The largest absolute Gasteiger partial charge is 0.489 e. The van der Waals surface area contributed by atoms with Crippen molar-refractivity contribution in [2.24, 2.45) is 0 Å².